The maximum atomic E-state index is 15.0. The van der Waals surface area contributed by atoms with E-state index < -0.39 is 18.2 Å². The van der Waals surface area contributed by atoms with Crippen molar-refractivity contribution < 1.29 is 31.8 Å². The average Bonchev–Trinajstić information content (AvgIpc) is 3.48. The topological polar surface area (TPSA) is 103 Å². The van der Waals surface area contributed by atoms with Crippen LogP contribution in [0.25, 0.3) is 17.1 Å². The normalized spacial score (nSPS) is 11.9. The molecule has 1 aromatic heterocycles. The van der Waals surface area contributed by atoms with Crippen molar-refractivity contribution in [2.75, 3.05) is 19.4 Å². The standard InChI is InChI=1S/C31H32F4N6O3S/c1-5-45-30(38-27-17-24(43-4)12-13-25(27)19(2)3)39-29(42)36-15-14-20-6-7-21(16-26(20)32)28-37-18-41(40-28)22-8-10-23(11-9-22)44-31(33,34)35/h6-13,16-19H,5,14-15H2,1-4H3,(H2,36,38,39,42). The van der Waals surface area contributed by atoms with Gasteiger partial charge < -0.3 is 14.8 Å². The number of alkyl halides is 3. The minimum Gasteiger partial charge on any atom is -0.497 e. The number of carbonyl (C=O) groups is 1. The van der Waals surface area contributed by atoms with E-state index in [9.17, 15) is 22.4 Å². The second-order valence-electron chi connectivity index (χ2n) is 9.92. The molecule has 45 heavy (non-hydrogen) atoms. The largest absolute Gasteiger partial charge is 0.573 e. The Labute approximate surface area is 262 Å². The number of aliphatic imine (C=N–C) groups is 1. The molecular weight excluding hydrogens is 612 g/mol. The maximum Gasteiger partial charge on any atom is 0.573 e. The number of rotatable bonds is 10. The first kappa shape index (κ1) is 33.3. The third kappa shape index (κ3) is 9.45. The Morgan fingerprint density at radius 1 is 1.07 bits per heavy atom. The van der Waals surface area contributed by atoms with E-state index in [-0.39, 0.29) is 30.5 Å². The van der Waals surface area contributed by atoms with Crippen LogP contribution in [-0.2, 0) is 6.42 Å². The molecule has 0 fully saturated rings. The van der Waals surface area contributed by atoms with Crippen molar-refractivity contribution in [1.29, 1.82) is 0 Å². The highest BCUT2D eigenvalue weighted by molar-refractivity contribution is 8.13. The van der Waals surface area contributed by atoms with Crippen molar-refractivity contribution in [1.82, 2.24) is 25.4 Å². The quantitative estimate of drug-likeness (QED) is 0.106. The summed E-state index contributed by atoms with van der Waals surface area (Å²) in [5.41, 5.74) is 2.96. The lowest BCUT2D eigenvalue weighted by Crippen LogP contribution is -2.39. The number of amides is 2. The Balaban J connectivity index is 1.35. The summed E-state index contributed by atoms with van der Waals surface area (Å²) in [7, 11) is 1.58. The lowest BCUT2D eigenvalue weighted by Gasteiger charge is -2.14. The molecule has 3 aromatic carbocycles. The number of amidine groups is 1. The lowest BCUT2D eigenvalue weighted by atomic mass is 10.0. The van der Waals surface area contributed by atoms with Gasteiger partial charge in [-0.05, 0) is 65.6 Å². The molecule has 0 unspecified atom stereocenters. The van der Waals surface area contributed by atoms with Gasteiger partial charge in [-0.1, -0.05) is 50.7 Å². The molecule has 0 radical (unpaired) electrons. The van der Waals surface area contributed by atoms with Crippen molar-refractivity contribution >= 4 is 28.6 Å². The van der Waals surface area contributed by atoms with Gasteiger partial charge in [0.15, 0.2) is 11.0 Å². The molecule has 9 nitrogen and oxygen atoms in total. The molecule has 2 amide bonds. The minimum absolute atomic E-state index is 0.170. The Kier molecular flexibility index (Phi) is 11.0. The van der Waals surface area contributed by atoms with Crippen LogP contribution < -0.4 is 20.1 Å². The van der Waals surface area contributed by atoms with E-state index in [1.54, 1.807) is 19.2 Å². The number of urea groups is 1. The van der Waals surface area contributed by atoms with E-state index in [4.69, 9.17) is 4.74 Å². The van der Waals surface area contributed by atoms with Crippen LogP contribution in [0.1, 0.15) is 37.8 Å². The van der Waals surface area contributed by atoms with E-state index in [1.807, 2.05) is 25.1 Å². The fourth-order valence-corrected chi connectivity index (χ4v) is 4.84. The molecule has 0 saturated heterocycles. The zero-order valence-electron chi connectivity index (χ0n) is 25.0. The molecule has 0 saturated carbocycles. The number of ether oxygens (including phenoxy) is 2. The average molecular weight is 645 g/mol. The van der Waals surface area contributed by atoms with Gasteiger partial charge in [0.1, 0.15) is 23.6 Å². The molecule has 0 atom stereocenters. The summed E-state index contributed by atoms with van der Waals surface area (Å²) in [5.74, 6) is 0.931. The number of halogens is 4. The van der Waals surface area contributed by atoms with Crippen LogP contribution >= 0.6 is 11.8 Å². The summed E-state index contributed by atoms with van der Waals surface area (Å²) in [6.07, 6.45) is -3.19. The summed E-state index contributed by atoms with van der Waals surface area (Å²) in [4.78, 5) is 21.5. The van der Waals surface area contributed by atoms with Crippen molar-refractivity contribution in [3.63, 3.8) is 0 Å². The molecule has 0 aliphatic rings. The fourth-order valence-electron chi connectivity index (χ4n) is 4.24. The highest BCUT2D eigenvalue weighted by Crippen LogP contribution is 2.31. The Bertz CT molecular complexity index is 1640. The van der Waals surface area contributed by atoms with Crippen LogP contribution in [0.3, 0.4) is 0 Å². The second kappa shape index (κ2) is 14.9. The van der Waals surface area contributed by atoms with Gasteiger partial charge in [0.25, 0.3) is 0 Å². The van der Waals surface area contributed by atoms with E-state index in [1.165, 1.54) is 41.0 Å². The van der Waals surface area contributed by atoms with Crippen LogP contribution in [0.5, 0.6) is 11.5 Å². The highest BCUT2D eigenvalue weighted by Gasteiger charge is 2.31. The molecule has 2 N–H and O–H groups in total. The number of aromatic nitrogens is 3. The van der Waals surface area contributed by atoms with Gasteiger partial charge in [-0.25, -0.2) is 23.8 Å². The molecule has 0 bridgehead atoms. The van der Waals surface area contributed by atoms with Crippen LogP contribution in [0, 0.1) is 5.82 Å². The number of thioether (sulfide) groups is 1. The van der Waals surface area contributed by atoms with Gasteiger partial charge >= 0.3 is 12.4 Å². The van der Waals surface area contributed by atoms with Crippen molar-refractivity contribution in [2.45, 2.75) is 39.5 Å². The summed E-state index contributed by atoms with van der Waals surface area (Å²) in [6, 6.07) is 14.8. The summed E-state index contributed by atoms with van der Waals surface area (Å²) < 4.78 is 62.7. The van der Waals surface area contributed by atoms with E-state index in [2.05, 4.69) is 44.3 Å². The summed E-state index contributed by atoms with van der Waals surface area (Å²) in [5, 5.41) is 10.3. The first-order chi connectivity index (χ1) is 21.5. The van der Waals surface area contributed by atoms with Crippen LogP contribution in [0.15, 0.2) is 72.0 Å². The van der Waals surface area contributed by atoms with Crippen LogP contribution in [-0.4, -0.2) is 51.7 Å². The van der Waals surface area contributed by atoms with Gasteiger partial charge in [-0.15, -0.1) is 18.3 Å². The first-order valence-electron chi connectivity index (χ1n) is 14.0. The molecule has 0 aliphatic carbocycles. The monoisotopic (exact) mass is 644 g/mol. The smallest absolute Gasteiger partial charge is 0.497 e. The van der Waals surface area contributed by atoms with E-state index >= 15 is 0 Å². The Morgan fingerprint density at radius 2 is 1.80 bits per heavy atom. The Hall–Kier alpha value is -4.59. The highest BCUT2D eigenvalue weighted by atomic mass is 32.2. The zero-order chi connectivity index (χ0) is 32.6. The van der Waals surface area contributed by atoms with Crippen molar-refractivity contribution in [3.8, 4) is 28.6 Å². The predicted molar refractivity (Wildman–Crippen MR) is 166 cm³/mol. The van der Waals surface area contributed by atoms with Gasteiger partial charge in [-0.2, -0.15) is 0 Å². The maximum absolute atomic E-state index is 15.0. The third-order valence-corrected chi connectivity index (χ3v) is 7.16. The number of hydrogen-bond donors (Lipinski definition) is 2. The second-order valence-corrected chi connectivity index (χ2v) is 11.2. The molecule has 14 heteroatoms. The number of hydrogen-bond acceptors (Lipinski definition) is 7. The molecule has 0 aliphatic heterocycles. The summed E-state index contributed by atoms with van der Waals surface area (Å²) >= 11 is 1.39. The first-order valence-corrected chi connectivity index (χ1v) is 14.9. The number of carbonyl (C=O) groups excluding carboxylic acids is 1. The lowest BCUT2D eigenvalue weighted by molar-refractivity contribution is -0.274. The molecule has 238 valence electrons. The van der Waals surface area contributed by atoms with Crippen molar-refractivity contribution in [2.24, 2.45) is 4.99 Å². The molecular formula is C31H32F4N6O3S. The third-order valence-electron chi connectivity index (χ3n) is 6.40. The summed E-state index contributed by atoms with van der Waals surface area (Å²) in [6.45, 7) is 6.25. The van der Waals surface area contributed by atoms with Gasteiger partial charge in [0.05, 0.1) is 18.5 Å². The number of nitrogens with zero attached hydrogens (tertiary/aromatic N) is 4. The van der Waals surface area contributed by atoms with Gasteiger partial charge in [-0.3, -0.25) is 5.32 Å². The zero-order valence-corrected chi connectivity index (χ0v) is 25.8. The number of nitrogens with one attached hydrogen (secondary N) is 2. The van der Waals surface area contributed by atoms with Gasteiger partial charge in [0.2, 0.25) is 0 Å². The molecule has 4 rings (SSSR count). The van der Waals surface area contributed by atoms with Gasteiger partial charge in [0, 0.05) is 18.2 Å². The van der Waals surface area contributed by atoms with Crippen molar-refractivity contribution in [3.05, 3.63) is 83.9 Å². The molecule has 4 aromatic rings. The Morgan fingerprint density at radius 3 is 2.44 bits per heavy atom. The fraction of sp³-hybridized carbons (Fsp3) is 0.290. The van der Waals surface area contributed by atoms with E-state index in [0.29, 0.717) is 39.2 Å². The van der Waals surface area contributed by atoms with Crippen LogP contribution in [0.2, 0.25) is 0 Å². The number of benzene rings is 3. The molecule has 0 spiro atoms. The predicted octanol–water partition coefficient (Wildman–Crippen LogP) is 7.39. The number of methoxy groups -OCH3 is 1. The molecule has 1 heterocycles. The SMILES string of the molecule is CCSC(=Nc1cc(OC)ccc1C(C)C)NC(=O)NCCc1ccc(-c2ncn(-c3ccc(OC(F)(F)F)cc3)n2)cc1F. The van der Waals surface area contributed by atoms with E-state index in [0.717, 1.165) is 17.7 Å². The van der Waals surface area contributed by atoms with Crippen LogP contribution in [0.4, 0.5) is 28.0 Å². The minimum atomic E-state index is -4.79.